The molecule has 0 spiro atoms. The van der Waals surface area contributed by atoms with Gasteiger partial charge in [0, 0.05) is 0 Å². The molecular weight excluding hydrogens is 444 g/mol. The summed E-state index contributed by atoms with van der Waals surface area (Å²) >= 11 is 0. The predicted molar refractivity (Wildman–Crippen MR) is 119 cm³/mol. The predicted octanol–water partition coefficient (Wildman–Crippen LogP) is -2.61. The molecule has 0 saturated heterocycles. The minimum Gasteiger partial charge on any atom is -0.394 e. The Morgan fingerprint density at radius 1 is 0.455 bits per heavy atom. The molecule has 0 amide bonds. The van der Waals surface area contributed by atoms with Gasteiger partial charge in [0.2, 0.25) is 0 Å². The third kappa shape index (κ3) is 19.5. The zero-order valence-electron chi connectivity index (χ0n) is 20.4. The maximum Gasteiger partial charge on any atom is 0.111 e. The summed E-state index contributed by atoms with van der Waals surface area (Å²) in [6, 6.07) is 0. The first-order valence-corrected chi connectivity index (χ1v) is 11.1. The van der Waals surface area contributed by atoms with Gasteiger partial charge in [-0.25, -0.2) is 0 Å². The summed E-state index contributed by atoms with van der Waals surface area (Å²) in [7, 11) is 0. The Morgan fingerprint density at radius 2 is 0.758 bits per heavy atom. The molecule has 0 heterocycles. The molecular formula is C21H46O12. The van der Waals surface area contributed by atoms with Crippen LogP contribution in [-0.4, -0.2) is 142 Å². The van der Waals surface area contributed by atoms with E-state index in [9.17, 15) is 0 Å². The summed E-state index contributed by atoms with van der Waals surface area (Å²) in [6.07, 6.45) is -7.17. The van der Waals surface area contributed by atoms with E-state index in [0.717, 1.165) is 0 Å². The third-order valence-electron chi connectivity index (χ3n) is 4.24. The normalized spacial score (nSPS) is 19.9. The number of aliphatic hydroxyl groups excluding tert-OH is 8. The Hall–Kier alpha value is -0.480. The van der Waals surface area contributed by atoms with Crippen molar-refractivity contribution in [3.63, 3.8) is 0 Å². The third-order valence-corrected chi connectivity index (χ3v) is 4.24. The molecule has 33 heavy (non-hydrogen) atoms. The fourth-order valence-electron chi connectivity index (χ4n) is 2.07. The minimum absolute atomic E-state index is 0.0105. The van der Waals surface area contributed by atoms with Gasteiger partial charge in [-0.1, -0.05) is 0 Å². The van der Waals surface area contributed by atoms with Gasteiger partial charge in [-0.05, 0) is 34.6 Å². The Bertz CT molecular complexity index is 414. The van der Waals surface area contributed by atoms with E-state index in [1.807, 2.05) is 27.7 Å². The summed E-state index contributed by atoms with van der Waals surface area (Å²) in [4.78, 5) is 0. The Morgan fingerprint density at radius 3 is 1.03 bits per heavy atom. The molecule has 9 atom stereocenters. The molecule has 0 aromatic carbocycles. The van der Waals surface area contributed by atoms with Crippen molar-refractivity contribution in [1.82, 2.24) is 0 Å². The van der Waals surface area contributed by atoms with Gasteiger partial charge >= 0.3 is 0 Å². The van der Waals surface area contributed by atoms with Crippen molar-refractivity contribution in [3.05, 3.63) is 0 Å². The average molecular weight is 491 g/mol. The van der Waals surface area contributed by atoms with Crippen LogP contribution >= 0.6 is 0 Å². The Kier molecular flexibility index (Phi) is 21.9. The van der Waals surface area contributed by atoms with Gasteiger partial charge in [0.1, 0.15) is 24.4 Å². The number of rotatable bonds is 18. The van der Waals surface area contributed by atoms with Gasteiger partial charge in [0.05, 0.1) is 76.8 Å². The van der Waals surface area contributed by atoms with Crippen LogP contribution in [0, 0.1) is 0 Å². The van der Waals surface area contributed by atoms with Crippen molar-refractivity contribution < 1.29 is 59.8 Å². The lowest BCUT2D eigenvalue weighted by atomic mass is 10.0. The van der Waals surface area contributed by atoms with Crippen LogP contribution in [0.3, 0.4) is 0 Å². The van der Waals surface area contributed by atoms with Crippen molar-refractivity contribution in [3.8, 4) is 0 Å². The lowest BCUT2D eigenvalue weighted by Gasteiger charge is -2.24. The van der Waals surface area contributed by atoms with Gasteiger partial charge in [-0.3, -0.25) is 0 Å². The van der Waals surface area contributed by atoms with Crippen LogP contribution in [-0.2, 0) is 18.9 Å². The molecule has 0 fully saturated rings. The molecule has 0 aromatic heterocycles. The molecule has 0 bridgehead atoms. The molecule has 0 aliphatic carbocycles. The fraction of sp³-hybridized carbons (Fsp3) is 1.00. The van der Waals surface area contributed by atoms with Crippen molar-refractivity contribution in [2.45, 2.75) is 89.6 Å². The summed E-state index contributed by atoms with van der Waals surface area (Å²) in [6.45, 7) is 9.51. The summed E-state index contributed by atoms with van der Waals surface area (Å²) in [5, 5.41) is 70.1. The van der Waals surface area contributed by atoms with Gasteiger partial charge in [-0.15, -0.1) is 0 Å². The molecule has 9 unspecified atom stereocenters. The maximum absolute atomic E-state index is 9.12. The van der Waals surface area contributed by atoms with Crippen LogP contribution in [0.4, 0.5) is 0 Å². The van der Waals surface area contributed by atoms with Crippen LogP contribution in [0.25, 0.3) is 0 Å². The van der Waals surface area contributed by atoms with E-state index in [2.05, 4.69) is 0 Å². The Labute approximate surface area is 196 Å². The summed E-state index contributed by atoms with van der Waals surface area (Å²) < 4.78 is 22.0. The molecule has 12 nitrogen and oxygen atoms in total. The van der Waals surface area contributed by atoms with Gasteiger partial charge in [-0.2, -0.15) is 0 Å². The highest BCUT2D eigenvalue weighted by molar-refractivity contribution is 4.79. The number of ether oxygens (including phenoxy) is 4. The molecule has 202 valence electrons. The molecule has 12 heteroatoms. The molecule has 8 N–H and O–H groups in total. The summed E-state index contributed by atoms with van der Waals surface area (Å²) in [5.41, 5.74) is 0. The highest BCUT2D eigenvalue weighted by Crippen LogP contribution is 2.04. The summed E-state index contributed by atoms with van der Waals surface area (Å²) in [5.74, 6) is 0. The molecule has 0 rings (SSSR count). The van der Waals surface area contributed by atoms with Crippen molar-refractivity contribution in [2.24, 2.45) is 0 Å². The highest BCUT2D eigenvalue weighted by Gasteiger charge is 2.29. The first-order chi connectivity index (χ1) is 15.4. The standard InChI is InChI=1S/C15H32O6.C6H14O6/c1-11(17)7-18-13(3)9-20-15(5)10-21-14(4)8-19-12(2)6-16;7-1-3(9)5(11)6(12)4(10)2-8/h11-17H,6-10H2,1-5H3;3-12H,1-2H2. The van der Waals surface area contributed by atoms with Crippen molar-refractivity contribution in [2.75, 3.05) is 46.2 Å². The van der Waals surface area contributed by atoms with E-state index in [0.29, 0.717) is 26.4 Å². The molecule has 0 radical (unpaired) electrons. The fourth-order valence-corrected chi connectivity index (χ4v) is 2.07. The second-order valence-electron chi connectivity index (χ2n) is 8.09. The monoisotopic (exact) mass is 490 g/mol. The van der Waals surface area contributed by atoms with Crippen LogP contribution in [0.5, 0.6) is 0 Å². The molecule has 0 aliphatic rings. The van der Waals surface area contributed by atoms with E-state index in [4.69, 9.17) is 59.8 Å². The first kappa shape index (κ1) is 34.7. The highest BCUT2D eigenvalue weighted by atomic mass is 16.6. The van der Waals surface area contributed by atoms with Crippen molar-refractivity contribution >= 4 is 0 Å². The van der Waals surface area contributed by atoms with Crippen molar-refractivity contribution in [1.29, 1.82) is 0 Å². The number of hydrogen-bond acceptors (Lipinski definition) is 12. The largest absolute Gasteiger partial charge is 0.394 e. The Balaban J connectivity index is 0. The first-order valence-electron chi connectivity index (χ1n) is 11.1. The van der Waals surface area contributed by atoms with E-state index >= 15 is 0 Å². The van der Waals surface area contributed by atoms with Crippen LogP contribution in [0.2, 0.25) is 0 Å². The van der Waals surface area contributed by atoms with Gasteiger partial charge in [0.15, 0.2) is 0 Å². The molecule has 0 aromatic rings. The SMILES string of the molecule is CC(O)COC(C)COC(C)COC(C)COC(C)CO.OCC(O)C(O)C(O)C(O)CO. The van der Waals surface area contributed by atoms with E-state index in [1.165, 1.54) is 0 Å². The second kappa shape index (κ2) is 20.9. The van der Waals surface area contributed by atoms with E-state index < -0.39 is 43.7 Å². The minimum atomic E-state index is -1.67. The zero-order valence-corrected chi connectivity index (χ0v) is 20.4. The van der Waals surface area contributed by atoms with Gasteiger partial charge < -0.3 is 59.8 Å². The number of hydrogen-bond donors (Lipinski definition) is 8. The lowest BCUT2D eigenvalue weighted by Crippen LogP contribution is -2.46. The topological polar surface area (TPSA) is 199 Å². The number of aliphatic hydroxyl groups is 8. The second-order valence-corrected chi connectivity index (χ2v) is 8.09. The van der Waals surface area contributed by atoms with E-state index in [1.54, 1.807) is 6.92 Å². The average Bonchev–Trinajstić information content (AvgIpc) is 2.81. The van der Waals surface area contributed by atoms with Crippen LogP contribution in [0.1, 0.15) is 34.6 Å². The molecule has 0 aliphatic heterocycles. The van der Waals surface area contributed by atoms with Crippen LogP contribution < -0.4 is 0 Å². The smallest absolute Gasteiger partial charge is 0.111 e. The van der Waals surface area contributed by atoms with Gasteiger partial charge in [0.25, 0.3) is 0 Å². The lowest BCUT2D eigenvalue weighted by molar-refractivity contribution is -0.123. The quantitative estimate of drug-likeness (QED) is 0.0997. The molecule has 0 saturated carbocycles. The maximum atomic E-state index is 9.12. The van der Waals surface area contributed by atoms with Crippen LogP contribution in [0.15, 0.2) is 0 Å². The van der Waals surface area contributed by atoms with E-state index in [-0.39, 0.29) is 31.0 Å². The zero-order chi connectivity index (χ0) is 26.0.